The first-order valence-electron chi connectivity index (χ1n) is 7.61. The molecule has 2 aliphatic heterocycles. The third kappa shape index (κ3) is 2.56. The van der Waals surface area contributed by atoms with E-state index in [0.29, 0.717) is 12.0 Å². The first-order valence-corrected chi connectivity index (χ1v) is 7.61. The standard InChI is InChI=1S/C15H25N3O/c1-11(2)17-7-3-4-12(9-17)15-16-8-13-5-6-14(19)10-18(13)15/h8,11-12,14,19H,3-7,9-10H2,1-2H3. The van der Waals surface area contributed by atoms with Gasteiger partial charge in [-0.3, -0.25) is 0 Å². The van der Waals surface area contributed by atoms with Crippen LogP contribution in [0.15, 0.2) is 6.20 Å². The highest BCUT2D eigenvalue weighted by Crippen LogP contribution is 2.29. The van der Waals surface area contributed by atoms with E-state index in [1.807, 2.05) is 6.20 Å². The van der Waals surface area contributed by atoms with Gasteiger partial charge in [-0.1, -0.05) is 0 Å². The van der Waals surface area contributed by atoms with Crippen molar-refractivity contribution in [2.24, 2.45) is 0 Å². The Labute approximate surface area is 115 Å². The average Bonchev–Trinajstić information content (AvgIpc) is 2.81. The highest BCUT2D eigenvalue weighted by molar-refractivity contribution is 5.13. The maximum atomic E-state index is 9.88. The number of rotatable bonds is 2. The van der Waals surface area contributed by atoms with E-state index in [1.165, 1.54) is 30.9 Å². The van der Waals surface area contributed by atoms with Gasteiger partial charge in [0.1, 0.15) is 5.82 Å². The molecule has 3 heterocycles. The Morgan fingerprint density at radius 1 is 1.32 bits per heavy atom. The minimum Gasteiger partial charge on any atom is -0.391 e. The lowest BCUT2D eigenvalue weighted by Crippen LogP contribution is -2.40. The monoisotopic (exact) mass is 263 g/mol. The summed E-state index contributed by atoms with van der Waals surface area (Å²) in [5.41, 5.74) is 1.31. The van der Waals surface area contributed by atoms with Gasteiger partial charge in [-0.2, -0.15) is 0 Å². The molecule has 2 aliphatic rings. The van der Waals surface area contributed by atoms with E-state index in [9.17, 15) is 5.11 Å². The van der Waals surface area contributed by atoms with Crippen LogP contribution >= 0.6 is 0 Å². The van der Waals surface area contributed by atoms with E-state index in [1.54, 1.807) is 0 Å². The van der Waals surface area contributed by atoms with E-state index < -0.39 is 0 Å². The lowest BCUT2D eigenvalue weighted by molar-refractivity contribution is 0.125. The molecule has 1 aromatic heterocycles. The van der Waals surface area contributed by atoms with Crippen LogP contribution in [0.5, 0.6) is 0 Å². The highest BCUT2D eigenvalue weighted by Gasteiger charge is 2.28. The number of aryl methyl sites for hydroxylation is 1. The normalized spacial score (nSPS) is 28.6. The number of hydrogen-bond donors (Lipinski definition) is 1. The van der Waals surface area contributed by atoms with Crippen LogP contribution in [0.2, 0.25) is 0 Å². The van der Waals surface area contributed by atoms with Crippen LogP contribution in [0.25, 0.3) is 0 Å². The zero-order valence-corrected chi connectivity index (χ0v) is 12.0. The average molecular weight is 263 g/mol. The fraction of sp³-hybridized carbons (Fsp3) is 0.800. The molecule has 1 N–H and O–H groups in total. The molecule has 0 bridgehead atoms. The molecule has 0 saturated carbocycles. The van der Waals surface area contributed by atoms with Crippen molar-refractivity contribution in [2.75, 3.05) is 13.1 Å². The Bertz CT molecular complexity index is 441. The number of imidazole rings is 1. The molecule has 4 heteroatoms. The summed E-state index contributed by atoms with van der Waals surface area (Å²) in [5, 5.41) is 9.88. The minimum atomic E-state index is -0.190. The zero-order valence-electron chi connectivity index (χ0n) is 12.0. The molecule has 106 valence electrons. The lowest BCUT2D eigenvalue weighted by atomic mass is 9.95. The number of hydrogen-bond acceptors (Lipinski definition) is 3. The van der Waals surface area contributed by atoms with Crippen LogP contribution in [0.3, 0.4) is 0 Å². The summed E-state index contributed by atoms with van der Waals surface area (Å²) in [7, 11) is 0. The van der Waals surface area contributed by atoms with Crippen LogP contribution in [-0.4, -0.2) is 44.8 Å². The zero-order chi connectivity index (χ0) is 13.4. The van der Waals surface area contributed by atoms with Gasteiger partial charge in [0.05, 0.1) is 12.6 Å². The second-order valence-electron chi connectivity index (χ2n) is 6.34. The van der Waals surface area contributed by atoms with Crippen molar-refractivity contribution in [1.29, 1.82) is 0 Å². The third-order valence-electron chi connectivity index (χ3n) is 4.64. The second-order valence-corrected chi connectivity index (χ2v) is 6.34. The summed E-state index contributed by atoms with van der Waals surface area (Å²) in [4.78, 5) is 7.23. The number of aliphatic hydroxyl groups is 1. The van der Waals surface area contributed by atoms with Gasteiger partial charge in [-0.15, -0.1) is 0 Å². The van der Waals surface area contributed by atoms with E-state index in [2.05, 4.69) is 28.3 Å². The van der Waals surface area contributed by atoms with Gasteiger partial charge < -0.3 is 14.6 Å². The van der Waals surface area contributed by atoms with E-state index in [4.69, 9.17) is 0 Å². The number of fused-ring (bicyclic) bond motifs is 1. The van der Waals surface area contributed by atoms with Crippen molar-refractivity contribution in [1.82, 2.24) is 14.5 Å². The molecule has 0 spiro atoms. The van der Waals surface area contributed by atoms with Crippen molar-refractivity contribution in [3.05, 3.63) is 17.7 Å². The molecule has 0 aromatic carbocycles. The predicted octanol–water partition coefficient (Wildman–Crippen LogP) is 1.78. The summed E-state index contributed by atoms with van der Waals surface area (Å²) >= 11 is 0. The topological polar surface area (TPSA) is 41.3 Å². The van der Waals surface area contributed by atoms with Gasteiger partial charge in [0, 0.05) is 30.4 Å². The SMILES string of the molecule is CC(C)N1CCCC(c2ncc3n2CC(O)CC3)C1. The maximum Gasteiger partial charge on any atom is 0.113 e. The summed E-state index contributed by atoms with van der Waals surface area (Å²) in [6.45, 7) is 7.61. The molecule has 19 heavy (non-hydrogen) atoms. The van der Waals surface area contributed by atoms with Crippen molar-refractivity contribution in [3.63, 3.8) is 0 Å². The predicted molar refractivity (Wildman–Crippen MR) is 75.2 cm³/mol. The second kappa shape index (κ2) is 5.25. The van der Waals surface area contributed by atoms with Crippen LogP contribution in [0, 0.1) is 0 Å². The molecule has 1 aromatic rings. The van der Waals surface area contributed by atoms with Crippen molar-refractivity contribution in [3.8, 4) is 0 Å². The van der Waals surface area contributed by atoms with Gasteiger partial charge in [-0.25, -0.2) is 4.98 Å². The first-order chi connectivity index (χ1) is 9.15. The number of aromatic nitrogens is 2. The number of likely N-dealkylation sites (tertiary alicyclic amines) is 1. The number of aliphatic hydroxyl groups excluding tert-OH is 1. The minimum absolute atomic E-state index is 0.190. The van der Waals surface area contributed by atoms with Gasteiger partial charge in [-0.05, 0) is 46.1 Å². The quantitative estimate of drug-likeness (QED) is 0.884. The van der Waals surface area contributed by atoms with Crippen molar-refractivity contribution >= 4 is 0 Å². The third-order valence-corrected chi connectivity index (χ3v) is 4.64. The molecular formula is C15H25N3O. The fourth-order valence-corrected chi connectivity index (χ4v) is 3.47. The first kappa shape index (κ1) is 13.1. The fourth-order valence-electron chi connectivity index (χ4n) is 3.47. The molecule has 1 fully saturated rings. The number of nitrogens with zero attached hydrogens (tertiary/aromatic N) is 3. The van der Waals surface area contributed by atoms with E-state index in [0.717, 1.165) is 25.9 Å². The lowest BCUT2D eigenvalue weighted by Gasteiger charge is -2.35. The van der Waals surface area contributed by atoms with Gasteiger partial charge in [0.2, 0.25) is 0 Å². The Morgan fingerprint density at radius 3 is 2.95 bits per heavy atom. The molecule has 0 amide bonds. The van der Waals surface area contributed by atoms with Gasteiger partial charge in [0.25, 0.3) is 0 Å². The molecule has 0 aliphatic carbocycles. The largest absolute Gasteiger partial charge is 0.391 e. The smallest absolute Gasteiger partial charge is 0.113 e. The van der Waals surface area contributed by atoms with Gasteiger partial charge >= 0.3 is 0 Å². The molecule has 1 saturated heterocycles. The maximum absolute atomic E-state index is 9.88. The molecular weight excluding hydrogens is 238 g/mol. The van der Waals surface area contributed by atoms with Crippen LogP contribution in [-0.2, 0) is 13.0 Å². The Hall–Kier alpha value is -0.870. The summed E-state index contributed by atoms with van der Waals surface area (Å²) < 4.78 is 2.28. The van der Waals surface area contributed by atoms with Crippen molar-refractivity contribution < 1.29 is 5.11 Å². The van der Waals surface area contributed by atoms with Gasteiger partial charge in [0.15, 0.2) is 0 Å². The van der Waals surface area contributed by atoms with Crippen LogP contribution in [0.4, 0.5) is 0 Å². The Balaban J connectivity index is 1.80. The molecule has 2 atom stereocenters. The molecule has 2 unspecified atom stereocenters. The molecule has 4 nitrogen and oxygen atoms in total. The van der Waals surface area contributed by atoms with E-state index >= 15 is 0 Å². The Kier molecular flexibility index (Phi) is 3.63. The highest BCUT2D eigenvalue weighted by atomic mass is 16.3. The van der Waals surface area contributed by atoms with Crippen LogP contribution in [0.1, 0.15) is 50.5 Å². The molecule has 3 rings (SSSR count). The summed E-state index contributed by atoms with van der Waals surface area (Å²) in [5.74, 6) is 1.74. The van der Waals surface area contributed by atoms with E-state index in [-0.39, 0.29) is 6.10 Å². The van der Waals surface area contributed by atoms with Crippen molar-refractivity contribution in [2.45, 2.75) is 64.1 Å². The Morgan fingerprint density at radius 2 is 2.16 bits per heavy atom. The van der Waals surface area contributed by atoms with Crippen LogP contribution < -0.4 is 0 Å². The summed E-state index contributed by atoms with van der Waals surface area (Å²) in [6.07, 6.45) is 6.17. The molecule has 0 radical (unpaired) electrons. The summed E-state index contributed by atoms with van der Waals surface area (Å²) in [6, 6.07) is 0.615. The number of piperidine rings is 1.